The highest BCUT2D eigenvalue weighted by atomic mass is 16.5. The molecule has 1 unspecified atom stereocenters. The van der Waals surface area contributed by atoms with Gasteiger partial charge in [-0.25, -0.2) is 9.50 Å². The number of fused-ring (bicyclic) bond motifs is 1. The summed E-state index contributed by atoms with van der Waals surface area (Å²) in [4.78, 5) is 25.8. The molecule has 2 saturated heterocycles. The second-order valence-corrected chi connectivity index (χ2v) is 7.75. The van der Waals surface area contributed by atoms with Crippen LogP contribution in [0.4, 0.5) is 5.69 Å². The van der Waals surface area contributed by atoms with Crippen LogP contribution in [-0.2, 0) is 4.74 Å². The topological polar surface area (TPSA) is 75.9 Å². The van der Waals surface area contributed by atoms with Crippen molar-refractivity contribution in [1.29, 1.82) is 0 Å². The van der Waals surface area contributed by atoms with Crippen LogP contribution < -0.4 is 4.90 Å². The van der Waals surface area contributed by atoms with Gasteiger partial charge in [0.05, 0.1) is 30.7 Å². The summed E-state index contributed by atoms with van der Waals surface area (Å²) in [5.74, 6) is 0.993. The zero-order valence-electron chi connectivity index (χ0n) is 16.5. The van der Waals surface area contributed by atoms with Gasteiger partial charge in [-0.15, -0.1) is 0 Å². The van der Waals surface area contributed by atoms with Crippen molar-refractivity contribution in [2.45, 2.75) is 19.3 Å². The van der Waals surface area contributed by atoms with Crippen molar-refractivity contribution in [3.8, 4) is 0 Å². The maximum Gasteiger partial charge on any atom is 0.255 e. The van der Waals surface area contributed by atoms with Crippen LogP contribution in [-0.4, -0.2) is 69.8 Å². The van der Waals surface area contributed by atoms with Gasteiger partial charge in [-0.05, 0) is 37.1 Å². The summed E-state index contributed by atoms with van der Waals surface area (Å²) in [5.41, 5.74) is 3.60. The van der Waals surface area contributed by atoms with E-state index in [1.54, 1.807) is 12.4 Å². The number of anilines is 1. The van der Waals surface area contributed by atoms with E-state index < -0.39 is 0 Å². The van der Waals surface area contributed by atoms with Gasteiger partial charge >= 0.3 is 0 Å². The summed E-state index contributed by atoms with van der Waals surface area (Å²) >= 11 is 0. The van der Waals surface area contributed by atoms with Crippen LogP contribution in [0.15, 0.2) is 36.8 Å². The first-order valence-electron chi connectivity index (χ1n) is 10.1. The van der Waals surface area contributed by atoms with Crippen LogP contribution >= 0.6 is 0 Å². The maximum absolute atomic E-state index is 12.8. The van der Waals surface area contributed by atoms with E-state index in [1.165, 1.54) is 0 Å². The minimum absolute atomic E-state index is 0.0297. The highest BCUT2D eigenvalue weighted by Gasteiger charge is 2.30. The molecule has 8 nitrogen and oxygen atoms in total. The first kappa shape index (κ1) is 18.1. The summed E-state index contributed by atoms with van der Waals surface area (Å²) in [7, 11) is 0. The Balaban J connectivity index is 1.32. The number of pyridine rings is 2. The van der Waals surface area contributed by atoms with Crippen molar-refractivity contribution >= 4 is 17.2 Å². The number of nitrogens with zero attached hydrogens (tertiary/aromatic N) is 6. The third kappa shape index (κ3) is 3.55. The molecule has 5 heterocycles. The van der Waals surface area contributed by atoms with Crippen LogP contribution in [0.1, 0.15) is 34.1 Å². The lowest BCUT2D eigenvalue weighted by Crippen LogP contribution is -2.36. The average molecular weight is 392 g/mol. The van der Waals surface area contributed by atoms with E-state index in [2.05, 4.69) is 16.0 Å². The monoisotopic (exact) mass is 392 g/mol. The molecular weight excluding hydrogens is 368 g/mol. The standard InChI is InChI=1S/C21H24N6O2/c1-15-10-17(12-22-11-15)21(28)26-5-4-16(13-26)20-23-19-3-2-18(14-27(19)24-20)25-6-8-29-9-7-25/h2-3,10-12,14,16H,4-9,13H2,1H3. The molecule has 3 aromatic rings. The van der Waals surface area contributed by atoms with E-state index in [0.717, 1.165) is 55.4 Å². The zero-order valence-corrected chi connectivity index (χ0v) is 16.5. The second kappa shape index (κ2) is 7.44. The van der Waals surface area contributed by atoms with E-state index in [4.69, 9.17) is 14.8 Å². The third-order valence-corrected chi connectivity index (χ3v) is 5.67. The minimum atomic E-state index is 0.0297. The van der Waals surface area contributed by atoms with Gasteiger partial charge in [-0.2, -0.15) is 5.10 Å². The average Bonchev–Trinajstić information content (AvgIpc) is 3.40. The SMILES string of the molecule is Cc1cncc(C(=O)N2CCC(c3nc4ccc(N5CCOCC5)cn4n3)C2)c1. The van der Waals surface area contributed by atoms with Crippen molar-refractivity contribution in [3.05, 3.63) is 53.7 Å². The number of morpholine rings is 1. The lowest BCUT2D eigenvalue weighted by atomic mass is 10.1. The van der Waals surface area contributed by atoms with E-state index in [0.29, 0.717) is 18.7 Å². The summed E-state index contributed by atoms with van der Waals surface area (Å²) in [6.07, 6.45) is 6.31. The number of likely N-dealkylation sites (tertiary alicyclic amines) is 1. The molecule has 2 aliphatic rings. The largest absolute Gasteiger partial charge is 0.378 e. The van der Waals surface area contributed by atoms with Gasteiger partial charge in [0.1, 0.15) is 0 Å². The Morgan fingerprint density at radius 3 is 2.86 bits per heavy atom. The summed E-state index contributed by atoms with van der Waals surface area (Å²) in [5, 5.41) is 4.73. The summed E-state index contributed by atoms with van der Waals surface area (Å²) in [6.45, 7) is 6.58. The third-order valence-electron chi connectivity index (χ3n) is 5.67. The zero-order chi connectivity index (χ0) is 19.8. The molecular formula is C21H24N6O2. The van der Waals surface area contributed by atoms with Crippen molar-refractivity contribution < 1.29 is 9.53 Å². The van der Waals surface area contributed by atoms with Crippen LogP contribution in [0.5, 0.6) is 0 Å². The summed E-state index contributed by atoms with van der Waals surface area (Å²) < 4.78 is 7.29. The Morgan fingerprint density at radius 2 is 2.03 bits per heavy atom. The highest BCUT2D eigenvalue weighted by Crippen LogP contribution is 2.27. The maximum atomic E-state index is 12.8. The molecule has 29 heavy (non-hydrogen) atoms. The Kier molecular flexibility index (Phi) is 4.63. The fourth-order valence-corrected chi connectivity index (χ4v) is 4.08. The summed E-state index contributed by atoms with van der Waals surface area (Å²) in [6, 6.07) is 5.99. The Morgan fingerprint density at radius 1 is 1.17 bits per heavy atom. The van der Waals surface area contributed by atoms with Crippen molar-refractivity contribution in [3.63, 3.8) is 0 Å². The molecule has 1 amide bonds. The van der Waals surface area contributed by atoms with E-state index in [-0.39, 0.29) is 11.8 Å². The Hall–Kier alpha value is -3.00. The van der Waals surface area contributed by atoms with Crippen molar-refractivity contribution in [2.24, 2.45) is 0 Å². The Bertz CT molecular complexity index is 1040. The van der Waals surface area contributed by atoms with Crippen LogP contribution in [0.2, 0.25) is 0 Å². The normalized spacial score (nSPS) is 19.8. The number of aromatic nitrogens is 4. The molecule has 5 rings (SSSR count). The highest BCUT2D eigenvalue weighted by molar-refractivity contribution is 5.94. The lowest BCUT2D eigenvalue weighted by Gasteiger charge is -2.28. The first-order valence-corrected chi connectivity index (χ1v) is 10.1. The van der Waals surface area contributed by atoms with Gasteiger partial charge in [0.15, 0.2) is 11.5 Å². The number of hydrogen-bond donors (Lipinski definition) is 0. The Labute approximate surface area is 169 Å². The number of ether oxygens (including phenoxy) is 1. The molecule has 0 radical (unpaired) electrons. The molecule has 0 bridgehead atoms. The number of hydrogen-bond acceptors (Lipinski definition) is 6. The van der Waals surface area contributed by atoms with Gasteiger partial charge in [0.25, 0.3) is 5.91 Å². The number of rotatable bonds is 3. The molecule has 3 aromatic heterocycles. The molecule has 0 aliphatic carbocycles. The molecule has 2 fully saturated rings. The number of carbonyl (C=O) groups is 1. The molecule has 2 aliphatic heterocycles. The van der Waals surface area contributed by atoms with Crippen molar-refractivity contribution in [1.82, 2.24) is 24.5 Å². The molecule has 0 spiro atoms. The van der Waals surface area contributed by atoms with E-state index in [1.807, 2.05) is 34.7 Å². The van der Waals surface area contributed by atoms with Gasteiger partial charge in [0, 0.05) is 44.5 Å². The number of amides is 1. The van der Waals surface area contributed by atoms with Gasteiger partial charge in [-0.3, -0.25) is 9.78 Å². The van der Waals surface area contributed by atoms with E-state index in [9.17, 15) is 4.79 Å². The lowest BCUT2D eigenvalue weighted by molar-refractivity contribution is 0.0790. The minimum Gasteiger partial charge on any atom is -0.378 e. The molecule has 150 valence electrons. The molecule has 8 heteroatoms. The fraction of sp³-hybridized carbons (Fsp3) is 0.429. The predicted octanol–water partition coefficient (Wildman–Crippen LogP) is 1.90. The number of aryl methyl sites for hydroxylation is 1. The van der Waals surface area contributed by atoms with E-state index >= 15 is 0 Å². The van der Waals surface area contributed by atoms with Crippen molar-refractivity contribution in [2.75, 3.05) is 44.3 Å². The first-order chi connectivity index (χ1) is 14.2. The van der Waals surface area contributed by atoms with Crippen LogP contribution in [0.25, 0.3) is 5.65 Å². The molecule has 1 atom stereocenters. The predicted molar refractivity (Wildman–Crippen MR) is 108 cm³/mol. The fourth-order valence-electron chi connectivity index (χ4n) is 4.08. The van der Waals surface area contributed by atoms with Gasteiger partial charge in [0.2, 0.25) is 0 Å². The number of carbonyl (C=O) groups excluding carboxylic acids is 1. The van der Waals surface area contributed by atoms with Gasteiger partial charge in [-0.1, -0.05) is 0 Å². The second-order valence-electron chi connectivity index (χ2n) is 7.75. The van der Waals surface area contributed by atoms with Crippen LogP contribution in [0, 0.1) is 6.92 Å². The quantitative estimate of drug-likeness (QED) is 0.678. The van der Waals surface area contributed by atoms with Crippen LogP contribution in [0.3, 0.4) is 0 Å². The molecule has 0 aromatic carbocycles. The van der Waals surface area contributed by atoms with Gasteiger partial charge < -0.3 is 14.5 Å². The molecule has 0 saturated carbocycles. The smallest absolute Gasteiger partial charge is 0.255 e. The molecule has 0 N–H and O–H groups in total.